The van der Waals surface area contributed by atoms with Crippen LogP contribution < -0.4 is 10.1 Å². The molecule has 1 aliphatic rings. The summed E-state index contributed by atoms with van der Waals surface area (Å²) in [4.78, 5) is 14.7. The van der Waals surface area contributed by atoms with Crippen LogP contribution in [0.5, 0.6) is 5.75 Å². The van der Waals surface area contributed by atoms with Crippen molar-refractivity contribution in [3.05, 3.63) is 29.5 Å². The van der Waals surface area contributed by atoms with Gasteiger partial charge in [-0.25, -0.2) is 0 Å². The van der Waals surface area contributed by atoms with E-state index in [1.165, 1.54) is 12.8 Å². The van der Waals surface area contributed by atoms with Gasteiger partial charge in [0.05, 0.1) is 7.11 Å². The van der Waals surface area contributed by atoms with Crippen molar-refractivity contribution in [3.63, 3.8) is 0 Å². The lowest BCUT2D eigenvalue weighted by Crippen LogP contribution is -2.33. The second-order valence-corrected chi connectivity index (χ2v) is 5.72. The van der Waals surface area contributed by atoms with Crippen LogP contribution in [-0.2, 0) is 0 Å². The molecular formula is C17H22N2O3. The number of carbonyl (C=O) groups is 1. The predicted octanol–water partition coefficient (Wildman–Crippen LogP) is 2.58. The van der Waals surface area contributed by atoms with Crippen molar-refractivity contribution in [2.24, 2.45) is 0 Å². The number of likely N-dealkylation sites (tertiary alicyclic amines) is 1. The zero-order chi connectivity index (χ0) is 15.5. The summed E-state index contributed by atoms with van der Waals surface area (Å²) in [6.07, 6.45) is 2.52. The standard InChI is InChI=1S/C17H22N2O3/c1-12-14-11-13(21-2)5-6-15(14)22-16(12)17(20)18-7-10-19-8-3-4-9-19/h5-6,11H,3-4,7-10H2,1-2H3,(H,18,20). The second kappa shape index (κ2) is 6.40. The van der Waals surface area contributed by atoms with Gasteiger partial charge in [-0.1, -0.05) is 0 Å². The number of rotatable bonds is 5. The summed E-state index contributed by atoms with van der Waals surface area (Å²) in [6.45, 7) is 5.73. The zero-order valence-corrected chi connectivity index (χ0v) is 13.1. The first kappa shape index (κ1) is 14.9. The third kappa shape index (κ3) is 2.95. The van der Waals surface area contributed by atoms with E-state index in [9.17, 15) is 4.79 Å². The Morgan fingerprint density at radius 1 is 1.36 bits per heavy atom. The molecule has 0 aliphatic carbocycles. The number of nitrogens with zero attached hydrogens (tertiary/aromatic N) is 1. The molecule has 0 radical (unpaired) electrons. The maximum absolute atomic E-state index is 12.3. The number of hydrogen-bond acceptors (Lipinski definition) is 4. The Morgan fingerprint density at radius 3 is 2.86 bits per heavy atom. The Bertz CT molecular complexity index is 672. The van der Waals surface area contributed by atoms with Crippen LogP contribution in [0, 0.1) is 6.92 Å². The Labute approximate surface area is 130 Å². The van der Waals surface area contributed by atoms with E-state index in [-0.39, 0.29) is 5.91 Å². The van der Waals surface area contributed by atoms with Gasteiger partial charge in [-0.05, 0) is 51.1 Å². The van der Waals surface area contributed by atoms with E-state index in [1.807, 2.05) is 25.1 Å². The molecule has 1 aliphatic heterocycles. The van der Waals surface area contributed by atoms with E-state index in [0.29, 0.717) is 17.9 Å². The summed E-state index contributed by atoms with van der Waals surface area (Å²) in [6, 6.07) is 5.57. The van der Waals surface area contributed by atoms with Gasteiger partial charge in [0.2, 0.25) is 0 Å². The molecule has 118 valence electrons. The fourth-order valence-corrected chi connectivity index (χ4v) is 2.96. The highest BCUT2D eigenvalue weighted by Gasteiger charge is 2.18. The topological polar surface area (TPSA) is 54.7 Å². The molecule has 1 N–H and O–H groups in total. The number of methoxy groups -OCH3 is 1. The van der Waals surface area contributed by atoms with Crippen LogP contribution in [0.1, 0.15) is 29.0 Å². The minimum Gasteiger partial charge on any atom is -0.497 e. The lowest BCUT2D eigenvalue weighted by Gasteiger charge is -2.14. The second-order valence-electron chi connectivity index (χ2n) is 5.72. The molecule has 0 spiro atoms. The number of fused-ring (bicyclic) bond motifs is 1. The average Bonchev–Trinajstić information content (AvgIpc) is 3.15. The van der Waals surface area contributed by atoms with Gasteiger partial charge in [0.1, 0.15) is 11.3 Å². The molecule has 5 nitrogen and oxygen atoms in total. The molecule has 0 bridgehead atoms. The number of furan rings is 1. The van der Waals surface area contributed by atoms with E-state index < -0.39 is 0 Å². The number of benzene rings is 1. The van der Waals surface area contributed by atoms with Crippen molar-refractivity contribution in [3.8, 4) is 5.75 Å². The van der Waals surface area contributed by atoms with Gasteiger partial charge >= 0.3 is 0 Å². The monoisotopic (exact) mass is 302 g/mol. The zero-order valence-electron chi connectivity index (χ0n) is 13.1. The SMILES string of the molecule is COc1ccc2oc(C(=O)NCCN3CCCC3)c(C)c2c1. The number of nitrogens with one attached hydrogen (secondary N) is 1. The van der Waals surface area contributed by atoms with Crippen LogP contribution in [0.2, 0.25) is 0 Å². The molecule has 5 heteroatoms. The molecule has 2 aromatic rings. The molecule has 0 saturated carbocycles. The van der Waals surface area contributed by atoms with Crippen molar-refractivity contribution in [2.75, 3.05) is 33.3 Å². The Balaban J connectivity index is 1.69. The smallest absolute Gasteiger partial charge is 0.287 e. The van der Waals surface area contributed by atoms with Crippen LogP contribution in [0.25, 0.3) is 11.0 Å². The quantitative estimate of drug-likeness (QED) is 0.922. The van der Waals surface area contributed by atoms with Gasteiger partial charge in [-0.3, -0.25) is 4.79 Å². The Kier molecular flexibility index (Phi) is 4.34. The molecule has 22 heavy (non-hydrogen) atoms. The first-order chi connectivity index (χ1) is 10.7. The average molecular weight is 302 g/mol. The van der Waals surface area contributed by atoms with Gasteiger partial charge in [-0.15, -0.1) is 0 Å². The van der Waals surface area contributed by atoms with Crippen molar-refractivity contribution < 1.29 is 13.9 Å². The maximum Gasteiger partial charge on any atom is 0.287 e. The van der Waals surface area contributed by atoms with Crippen LogP contribution in [0.4, 0.5) is 0 Å². The highest BCUT2D eigenvalue weighted by Crippen LogP contribution is 2.28. The first-order valence-electron chi connectivity index (χ1n) is 7.77. The minimum atomic E-state index is -0.146. The van der Waals surface area contributed by atoms with Crippen LogP contribution in [-0.4, -0.2) is 44.1 Å². The highest BCUT2D eigenvalue weighted by atomic mass is 16.5. The normalized spacial score (nSPS) is 15.4. The van der Waals surface area contributed by atoms with E-state index in [0.717, 1.165) is 36.3 Å². The fourth-order valence-electron chi connectivity index (χ4n) is 2.96. The molecule has 1 aromatic heterocycles. The molecule has 0 atom stereocenters. The number of amides is 1. The molecular weight excluding hydrogens is 280 g/mol. The van der Waals surface area contributed by atoms with Gasteiger partial charge in [0.15, 0.2) is 5.76 Å². The first-order valence-corrected chi connectivity index (χ1v) is 7.77. The van der Waals surface area contributed by atoms with Gasteiger partial charge in [0.25, 0.3) is 5.91 Å². The number of ether oxygens (including phenoxy) is 1. The highest BCUT2D eigenvalue weighted by molar-refractivity contribution is 5.99. The van der Waals surface area contributed by atoms with Crippen molar-refractivity contribution in [1.29, 1.82) is 0 Å². The van der Waals surface area contributed by atoms with E-state index in [1.54, 1.807) is 7.11 Å². The van der Waals surface area contributed by atoms with Crippen molar-refractivity contribution in [2.45, 2.75) is 19.8 Å². The van der Waals surface area contributed by atoms with E-state index >= 15 is 0 Å². The van der Waals surface area contributed by atoms with Gasteiger partial charge < -0.3 is 19.4 Å². The number of hydrogen-bond donors (Lipinski definition) is 1. The molecule has 1 amide bonds. The Morgan fingerprint density at radius 2 is 2.14 bits per heavy atom. The maximum atomic E-state index is 12.3. The molecule has 3 rings (SSSR count). The molecule has 1 fully saturated rings. The number of carbonyl (C=O) groups excluding carboxylic acids is 1. The Hall–Kier alpha value is -2.01. The summed E-state index contributed by atoms with van der Waals surface area (Å²) in [5.74, 6) is 1.01. The van der Waals surface area contributed by atoms with E-state index in [4.69, 9.17) is 9.15 Å². The summed E-state index contributed by atoms with van der Waals surface area (Å²) in [7, 11) is 1.63. The largest absolute Gasteiger partial charge is 0.497 e. The number of aryl methyl sites for hydroxylation is 1. The van der Waals surface area contributed by atoms with Crippen LogP contribution in [0.15, 0.2) is 22.6 Å². The van der Waals surface area contributed by atoms with Crippen molar-refractivity contribution in [1.82, 2.24) is 10.2 Å². The summed E-state index contributed by atoms with van der Waals surface area (Å²) < 4.78 is 10.9. The lowest BCUT2D eigenvalue weighted by molar-refractivity contribution is 0.0923. The molecule has 0 unspecified atom stereocenters. The fraction of sp³-hybridized carbons (Fsp3) is 0.471. The third-order valence-electron chi connectivity index (χ3n) is 4.26. The van der Waals surface area contributed by atoms with Crippen molar-refractivity contribution >= 4 is 16.9 Å². The molecule has 1 aromatic carbocycles. The van der Waals surface area contributed by atoms with Crippen LogP contribution in [0.3, 0.4) is 0 Å². The molecule has 2 heterocycles. The van der Waals surface area contributed by atoms with Gasteiger partial charge in [-0.2, -0.15) is 0 Å². The summed E-state index contributed by atoms with van der Waals surface area (Å²) in [5.41, 5.74) is 1.57. The summed E-state index contributed by atoms with van der Waals surface area (Å²) in [5, 5.41) is 3.87. The lowest BCUT2D eigenvalue weighted by atomic mass is 10.1. The summed E-state index contributed by atoms with van der Waals surface area (Å²) >= 11 is 0. The third-order valence-corrected chi connectivity index (χ3v) is 4.26. The predicted molar refractivity (Wildman–Crippen MR) is 85.5 cm³/mol. The molecule has 1 saturated heterocycles. The van der Waals surface area contributed by atoms with E-state index in [2.05, 4.69) is 10.2 Å². The minimum absolute atomic E-state index is 0.146. The van der Waals surface area contributed by atoms with Gasteiger partial charge in [0, 0.05) is 24.0 Å². The van der Waals surface area contributed by atoms with Crippen LogP contribution >= 0.6 is 0 Å².